The summed E-state index contributed by atoms with van der Waals surface area (Å²) in [4.78, 5) is 26.2. The first kappa shape index (κ1) is 17.7. The number of hydrogen-bond donors (Lipinski definition) is 2. The van der Waals surface area contributed by atoms with Gasteiger partial charge >= 0.3 is 0 Å². The molecule has 0 bridgehead atoms. The molecule has 2 amide bonds. The highest BCUT2D eigenvalue weighted by Crippen LogP contribution is 2.29. The van der Waals surface area contributed by atoms with Crippen molar-refractivity contribution in [3.63, 3.8) is 0 Å². The summed E-state index contributed by atoms with van der Waals surface area (Å²) in [7, 11) is 4.90. The van der Waals surface area contributed by atoms with E-state index in [1.54, 1.807) is 39.4 Å². The number of amides is 2. The Bertz CT molecular complexity index is 598. The molecule has 1 unspecified atom stereocenters. The Labute approximate surface area is 141 Å². The molecule has 126 valence electrons. The fraction of sp³-hybridized carbons (Fsp3) is 0.500. The van der Waals surface area contributed by atoms with E-state index in [1.165, 1.54) is 4.90 Å². The second-order valence-electron chi connectivity index (χ2n) is 5.99. The van der Waals surface area contributed by atoms with Crippen molar-refractivity contribution in [2.75, 3.05) is 46.2 Å². The lowest BCUT2D eigenvalue weighted by Crippen LogP contribution is -2.41. The fourth-order valence-corrected chi connectivity index (χ4v) is 2.87. The maximum atomic E-state index is 12.7. The van der Waals surface area contributed by atoms with Crippen LogP contribution in [-0.4, -0.2) is 57.6 Å². The average Bonchev–Trinajstić information content (AvgIpc) is 2.98. The van der Waals surface area contributed by atoms with Crippen LogP contribution in [0.4, 0.5) is 5.69 Å². The highest BCUT2D eigenvalue weighted by atomic mass is 35.5. The first-order valence-electron chi connectivity index (χ1n) is 7.42. The number of anilines is 1. The van der Waals surface area contributed by atoms with Crippen LogP contribution in [0.5, 0.6) is 0 Å². The fourth-order valence-electron chi connectivity index (χ4n) is 2.67. The van der Waals surface area contributed by atoms with Crippen LogP contribution in [0, 0.1) is 5.41 Å². The highest BCUT2D eigenvalue weighted by Gasteiger charge is 2.41. The van der Waals surface area contributed by atoms with Crippen molar-refractivity contribution >= 4 is 29.1 Å². The van der Waals surface area contributed by atoms with E-state index in [0.717, 1.165) is 6.54 Å². The van der Waals surface area contributed by atoms with E-state index in [1.807, 2.05) is 0 Å². The number of carbonyl (C=O) groups excluding carboxylic acids is 2. The maximum absolute atomic E-state index is 12.7. The van der Waals surface area contributed by atoms with Crippen molar-refractivity contribution in [3.05, 3.63) is 28.8 Å². The molecule has 2 rings (SSSR count). The molecule has 1 aromatic rings. The summed E-state index contributed by atoms with van der Waals surface area (Å²) in [5, 5.41) is 6.44. The minimum absolute atomic E-state index is 0.116. The van der Waals surface area contributed by atoms with E-state index in [2.05, 4.69) is 10.6 Å². The first-order chi connectivity index (χ1) is 10.9. The van der Waals surface area contributed by atoms with Crippen LogP contribution in [0.3, 0.4) is 0 Å². The van der Waals surface area contributed by atoms with Gasteiger partial charge in [0.2, 0.25) is 5.91 Å². The Morgan fingerprint density at radius 2 is 2.17 bits per heavy atom. The van der Waals surface area contributed by atoms with Gasteiger partial charge in [0.05, 0.1) is 22.6 Å². The Morgan fingerprint density at radius 3 is 2.74 bits per heavy atom. The molecule has 0 radical (unpaired) electrons. The van der Waals surface area contributed by atoms with Gasteiger partial charge in [-0.2, -0.15) is 0 Å². The van der Waals surface area contributed by atoms with E-state index in [0.29, 0.717) is 35.8 Å². The summed E-state index contributed by atoms with van der Waals surface area (Å²) < 4.78 is 5.22. The van der Waals surface area contributed by atoms with Crippen LogP contribution >= 0.6 is 11.6 Å². The van der Waals surface area contributed by atoms with E-state index in [4.69, 9.17) is 16.3 Å². The summed E-state index contributed by atoms with van der Waals surface area (Å²) in [5.74, 6) is -0.324. The van der Waals surface area contributed by atoms with Crippen molar-refractivity contribution in [3.8, 4) is 0 Å². The molecular formula is C16H22ClN3O3. The molecule has 1 fully saturated rings. The average molecular weight is 340 g/mol. The van der Waals surface area contributed by atoms with Crippen molar-refractivity contribution in [2.24, 2.45) is 5.41 Å². The molecule has 1 atom stereocenters. The SMILES string of the molecule is COCC1(C(=O)Nc2ccc(Cl)c(C(=O)N(C)C)c2)CCNC1. The molecule has 0 aliphatic carbocycles. The Hall–Kier alpha value is -1.63. The van der Waals surface area contributed by atoms with E-state index >= 15 is 0 Å². The van der Waals surface area contributed by atoms with Gasteiger partial charge in [-0.05, 0) is 31.2 Å². The Morgan fingerprint density at radius 1 is 1.43 bits per heavy atom. The minimum Gasteiger partial charge on any atom is -0.384 e. The highest BCUT2D eigenvalue weighted by molar-refractivity contribution is 6.34. The van der Waals surface area contributed by atoms with Gasteiger partial charge in [-0.15, -0.1) is 0 Å². The lowest BCUT2D eigenvalue weighted by atomic mass is 9.87. The molecule has 6 nitrogen and oxygen atoms in total. The number of halogens is 1. The van der Waals surface area contributed by atoms with E-state index in [-0.39, 0.29) is 11.8 Å². The Kier molecular flexibility index (Phi) is 5.62. The van der Waals surface area contributed by atoms with Gasteiger partial charge < -0.3 is 20.3 Å². The normalized spacial score (nSPS) is 20.3. The zero-order valence-corrected chi connectivity index (χ0v) is 14.4. The lowest BCUT2D eigenvalue weighted by molar-refractivity contribution is -0.127. The van der Waals surface area contributed by atoms with Gasteiger partial charge in [0.15, 0.2) is 0 Å². The molecule has 7 heteroatoms. The van der Waals surface area contributed by atoms with Crippen molar-refractivity contribution < 1.29 is 14.3 Å². The molecule has 1 saturated heterocycles. The number of nitrogens with zero attached hydrogens (tertiary/aromatic N) is 1. The standard InChI is InChI=1S/C16H22ClN3O3/c1-20(2)14(21)12-8-11(4-5-13(12)17)19-15(22)16(10-23-3)6-7-18-9-16/h4-5,8,18H,6-7,9-10H2,1-3H3,(H,19,22). The summed E-state index contributed by atoms with van der Waals surface area (Å²) in [6, 6.07) is 4.91. The van der Waals surface area contributed by atoms with Gasteiger partial charge in [0, 0.05) is 33.4 Å². The van der Waals surface area contributed by atoms with Crippen LogP contribution in [0.25, 0.3) is 0 Å². The molecular weight excluding hydrogens is 318 g/mol. The van der Waals surface area contributed by atoms with Crippen LogP contribution in [0.2, 0.25) is 5.02 Å². The molecule has 1 heterocycles. The third kappa shape index (κ3) is 3.83. The largest absolute Gasteiger partial charge is 0.384 e. The van der Waals surface area contributed by atoms with Gasteiger partial charge in [0.1, 0.15) is 0 Å². The van der Waals surface area contributed by atoms with Gasteiger partial charge in [-0.25, -0.2) is 0 Å². The summed E-state index contributed by atoms with van der Waals surface area (Å²) in [6.07, 6.45) is 0.712. The number of methoxy groups -OCH3 is 1. The first-order valence-corrected chi connectivity index (χ1v) is 7.80. The second-order valence-corrected chi connectivity index (χ2v) is 6.40. The minimum atomic E-state index is -0.583. The molecule has 1 aromatic carbocycles. The Balaban J connectivity index is 2.21. The van der Waals surface area contributed by atoms with Crippen molar-refractivity contribution in [1.29, 1.82) is 0 Å². The van der Waals surface area contributed by atoms with Gasteiger partial charge in [-0.3, -0.25) is 9.59 Å². The molecule has 0 aromatic heterocycles. The van der Waals surface area contributed by atoms with Crippen molar-refractivity contribution in [2.45, 2.75) is 6.42 Å². The number of rotatable bonds is 5. The number of benzene rings is 1. The van der Waals surface area contributed by atoms with Crippen LogP contribution < -0.4 is 10.6 Å². The smallest absolute Gasteiger partial charge is 0.254 e. The molecule has 0 spiro atoms. The molecule has 0 saturated carbocycles. The van der Waals surface area contributed by atoms with E-state index < -0.39 is 5.41 Å². The summed E-state index contributed by atoms with van der Waals surface area (Å²) in [6.45, 7) is 1.70. The van der Waals surface area contributed by atoms with Crippen LogP contribution in [0.15, 0.2) is 18.2 Å². The van der Waals surface area contributed by atoms with Gasteiger partial charge in [0.25, 0.3) is 5.91 Å². The molecule has 23 heavy (non-hydrogen) atoms. The monoisotopic (exact) mass is 339 g/mol. The second kappa shape index (κ2) is 7.29. The molecule has 2 N–H and O–H groups in total. The van der Waals surface area contributed by atoms with Crippen molar-refractivity contribution in [1.82, 2.24) is 10.2 Å². The number of carbonyl (C=O) groups is 2. The van der Waals surface area contributed by atoms with Gasteiger partial charge in [-0.1, -0.05) is 11.6 Å². The van der Waals surface area contributed by atoms with Crippen LogP contribution in [-0.2, 0) is 9.53 Å². The predicted molar refractivity (Wildman–Crippen MR) is 89.9 cm³/mol. The zero-order chi connectivity index (χ0) is 17.0. The zero-order valence-electron chi connectivity index (χ0n) is 13.6. The number of hydrogen-bond acceptors (Lipinski definition) is 4. The summed E-state index contributed by atoms with van der Waals surface area (Å²) >= 11 is 6.09. The maximum Gasteiger partial charge on any atom is 0.254 e. The predicted octanol–water partition coefficient (Wildman–Crippen LogP) is 1.61. The molecule has 1 aliphatic heterocycles. The van der Waals surface area contributed by atoms with Crippen LogP contribution in [0.1, 0.15) is 16.8 Å². The number of nitrogens with one attached hydrogen (secondary N) is 2. The third-order valence-corrected chi connectivity index (χ3v) is 4.34. The quantitative estimate of drug-likeness (QED) is 0.855. The summed E-state index contributed by atoms with van der Waals surface area (Å²) in [5.41, 5.74) is 0.326. The topological polar surface area (TPSA) is 70.7 Å². The molecule has 1 aliphatic rings. The van der Waals surface area contributed by atoms with E-state index in [9.17, 15) is 9.59 Å². The number of ether oxygens (including phenoxy) is 1. The lowest BCUT2D eigenvalue weighted by Gasteiger charge is -2.26. The third-order valence-electron chi connectivity index (χ3n) is 4.01.